The van der Waals surface area contributed by atoms with Gasteiger partial charge in [0.2, 0.25) is 0 Å². The van der Waals surface area contributed by atoms with Crippen molar-refractivity contribution in [2.45, 2.75) is 0 Å². The first-order valence-corrected chi connectivity index (χ1v) is 3.31. The monoisotopic (exact) mass is 111 g/mol. The summed E-state index contributed by atoms with van der Waals surface area (Å²) in [5.74, 6) is 1.80. The van der Waals surface area contributed by atoms with Crippen LogP contribution in [0.15, 0.2) is 0 Å². The molecular formula is C6H11N2. The normalized spacial score (nSPS) is 45.0. The molecule has 0 aromatic rings. The van der Waals surface area contributed by atoms with Gasteiger partial charge in [-0.3, -0.25) is 0 Å². The molecule has 0 amide bonds. The van der Waals surface area contributed by atoms with Crippen LogP contribution in [0.4, 0.5) is 0 Å². The van der Waals surface area contributed by atoms with E-state index >= 15 is 0 Å². The molecule has 2 nitrogen and oxygen atoms in total. The fourth-order valence-corrected chi connectivity index (χ4v) is 1.62. The number of hydrogen-bond donors (Lipinski definition) is 1. The topological polar surface area (TPSA) is 26.1 Å². The fourth-order valence-electron chi connectivity index (χ4n) is 1.62. The quantitative estimate of drug-likeness (QED) is 0.445. The number of hydrogen-bond acceptors (Lipinski definition) is 1. The van der Waals surface area contributed by atoms with Gasteiger partial charge in [-0.15, -0.1) is 0 Å². The molecule has 2 saturated heterocycles. The zero-order chi connectivity index (χ0) is 5.40. The van der Waals surface area contributed by atoms with Crippen LogP contribution in [0.25, 0.3) is 0 Å². The summed E-state index contributed by atoms with van der Waals surface area (Å²) < 4.78 is 0. The van der Waals surface area contributed by atoms with Crippen molar-refractivity contribution in [3.8, 4) is 0 Å². The van der Waals surface area contributed by atoms with Gasteiger partial charge in [-0.2, -0.15) is 0 Å². The summed E-state index contributed by atoms with van der Waals surface area (Å²) in [5.41, 5.74) is 0. The lowest BCUT2D eigenvalue weighted by Crippen LogP contribution is -2.15. The maximum Gasteiger partial charge on any atom is 0.0177 e. The SMILES string of the molecule is C1[N]CC2CNCC12. The Morgan fingerprint density at radius 1 is 1.12 bits per heavy atom. The molecule has 2 fully saturated rings. The van der Waals surface area contributed by atoms with Gasteiger partial charge in [0.15, 0.2) is 0 Å². The minimum atomic E-state index is 0.898. The lowest BCUT2D eigenvalue weighted by atomic mass is 10.0. The molecule has 2 rings (SSSR count). The van der Waals surface area contributed by atoms with Crippen molar-refractivity contribution in [1.82, 2.24) is 10.6 Å². The molecule has 2 unspecified atom stereocenters. The average molecular weight is 111 g/mol. The van der Waals surface area contributed by atoms with Crippen LogP contribution in [-0.2, 0) is 0 Å². The van der Waals surface area contributed by atoms with E-state index < -0.39 is 0 Å². The Kier molecular flexibility index (Phi) is 1.02. The van der Waals surface area contributed by atoms with Crippen LogP contribution in [0.3, 0.4) is 0 Å². The summed E-state index contributed by atoms with van der Waals surface area (Å²) in [7, 11) is 0. The fraction of sp³-hybridized carbons (Fsp3) is 1.00. The van der Waals surface area contributed by atoms with Crippen LogP contribution in [-0.4, -0.2) is 26.2 Å². The van der Waals surface area contributed by atoms with Gasteiger partial charge in [0.05, 0.1) is 0 Å². The van der Waals surface area contributed by atoms with Gasteiger partial charge in [-0.05, 0) is 24.9 Å². The average Bonchev–Trinajstić information content (AvgIpc) is 2.15. The molecule has 1 radical (unpaired) electrons. The molecular weight excluding hydrogens is 100 g/mol. The molecule has 0 spiro atoms. The second-order valence-corrected chi connectivity index (χ2v) is 2.77. The third-order valence-electron chi connectivity index (χ3n) is 2.21. The van der Waals surface area contributed by atoms with E-state index in [0.29, 0.717) is 0 Å². The predicted molar refractivity (Wildman–Crippen MR) is 31.7 cm³/mol. The Hall–Kier alpha value is -0.0800. The van der Waals surface area contributed by atoms with Crippen molar-refractivity contribution < 1.29 is 0 Å². The highest BCUT2D eigenvalue weighted by Gasteiger charge is 2.31. The lowest BCUT2D eigenvalue weighted by Gasteiger charge is -2.00. The molecule has 0 aromatic heterocycles. The molecule has 2 aliphatic rings. The smallest absolute Gasteiger partial charge is 0.0177 e. The molecule has 2 heterocycles. The zero-order valence-electron chi connectivity index (χ0n) is 4.93. The summed E-state index contributed by atoms with van der Waals surface area (Å²) in [5, 5.41) is 7.69. The van der Waals surface area contributed by atoms with E-state index in [4.69, 9.17) is 0 Å². The third-order valence-corrected chi connectivity index (χ3v) is 2.21. The summed E-state index contributed by atoms with van der Waals surface area (Å²) in [6.45, 7) is 4.68. The Morgan fingerprint density at radius 2 is 1.75 bits per heavy atom. The van der Waals surface area contributed by atoms with Crippen LogP contribution < -0.4 is 10.6 Å². The van der Waals surface area contributed by atoms with Crippen molar-refractivity contribution in [2.75, 3.05) is 26.2 Å². The summed E-state index contributed by atoms with van der Waals surface area (Å²) in [4.78, 5) is 0. The summed E-state index contributed by atoms with van der Waals surface area (Å²) in [6.07, 6.45) is 0. The number of nitrogens with zero attached hydrogens (tertiary/aromatic N) is 1. The van der Waals surface area contributed by atoms with Crippen molar-refractivity contribution in [2.24, 2.45) is 11.8 Å². The van der Waals surface area contributed by atoms with Gasteiger partial charge in [-0.1, -0.05) is 0 Å². The number of rotatable bonds is 0. The van der Waals surface area contributed by atoms with E-state index in [-0.39, 0.29) is 0 Å². The third kappa shape index (κ3) is 0.565. The Balaban J connectivity index is 2.04. The predicted octanol–water partition coefficient (Wildman–Crippen LogP) is -0.560. The maximum absolute atomic E-state index is 4.33. The molecule has 8 heavy (non-hydrogen) atoms. The zero-order valence-corrected chi connectivity index (χ0v) is 4.93. The van der Waals surface area contributed by atoms with Gasteiger partial charge in [0.25, 0.3) is 0 Å². The number of nitrogens with one attached hydrogen (secondary N) is 1. The van der Waals surface area contributed by atoms with Gasteiger partial charge in [-0.25, -0.2) is 5.32 Å². The molecule has 0 saturated carbocycles. The van der Waals surface area contributed by atoms with E-state index in [1.165, 1.54) is 13.1 Å². The van der Waals surface area contributed by atoms with Crippen molar-refractivity contribution in [3.05, 3.63) is 0 Å². The van der Waals surface area contributed by atoms with Gasteiger partial charge in [0.1, 0.15) is 0 Å². The van der Waals surface area contributed by atoms with E-state index in [2.05, 4.69) is 10.6 Å². The Morgan fingerprint density at radius 3 is 2.38 bits per heavy atom. The van der Waals surface area contributed by atoms with Crippen LogP contribution in [0.1, 0.15) is 0 Å². The first-order chi connectivity index (χ1) is 3.97. The Bertz CT molecular complexity index is 72.5. The molecule has 0 aromatic carbocycles. The largest absolute Gasteiger partial charge is 0.316 e. The first kappa shape index (κ1) is 4.77. The van der Waals surface area contributed by atoms with E-state index in [1.54, 1.807) is 0 Å². The Labute approximate surface area is 49.7 Å². The maximum atomic E-state index is 4.33. The molecule has 2 aliphatic heterocycles. The second-order valence-electron chi connectivity index (χ2n) is 2.77. The van der Waals surface area contributed by atoms with E-state index in [1.807, 2.05) is 0 Å². The van der Waals surface area contributed by atoms with Crippen molar-refractivity contribution >= 4 is 0 Å². The van der Waals surface area contributed by atoms with Crippen LogP contribution in [0.2, 0.25) is 0 Å². The highest BCUT2D eigenvalue weighted by Crippen LogP contribution is 2.20. The van der Waals surface area contributed by atoms with Crippen molar-refractivity contribution in [3.63, 3.8) is 0 Å². The second kappa shape index (κ2) is 1.71. The first-order valence-electron chi connectivity index (χ1n) is 3.31. The highest BCUT2D eigenvalue weighted by molar-refractivity contribution is 4.88. The number of fused-ring (bicyclic) bond motifs is 1. The molecule has 45 valence electrons. The molecule has 2 atom stereocenters. The van der Waals surface area contributed by atoms with Gasteiger partial charge >= 0.3 is 0 Å². The van der Waals surface area contributed by atoms with Crippen LogP contribution >= 0.6 is 0 Å². The lowest BCUT2D eigenvalue weighted by molar-refractivity contribution is 0.533. The summed E-state index contributed by atoms with van der Waals surface area (Å²) >= 11 is 0. The molecule has 2 heteroatoms. The van der Waals surface area contributed by atoms with Crippen LogP contribution in [0.5, 0.6) is 0 Å². The molecule has 1 N–H and O–H groups in total. The van der Waals surface area contributed by atoms with Gasteiger partial charge in [0, 0.05) is 13.1 Å². The highest BCUT2D eigenvalue weighted by atomic mass is 15.0. The van der Waals surface area contributed by atoms with Gasteiger partial charge < -0.3 is 5.32 Å². The van der Waals surface area contributed by atoms with Crippen molar-refractivity contribution in [1.29, 1.82) is 0 Å². The van der Waals surface area contributed by atoms with Crippen LogP contribution in [0, 0.1) is 11.8 Å². The summed E-state index contributed by atoms with van der Waals surface area (Å²) in [6, 6.07) is 0. The standard InChI is InChI=1S/C6H11N2/c1-5-2-8-4-6(5)3-7-1/h5-7H,1-4H2. The van der Waals surface area contributed by atoms with E-state index in [9.17, 15) is 0 Å². The van der Waals surface area contributed by atoms with E-state index in [0.717, 1.165) is 24.9 Å². The minimum Gasteiger partial charge on any atom is -0.316 e. The minimum absolute atomic E-state index is 0.898. The molecule has 0 bridgehead atoms. The molecule has 0 aliphatic carbocycles.